The van der Waals surface area contributed by atoms with Gasteiger partial charge in [0.25, 0.3) is 0 Å². The van der Waals surface area contributed by atoms with Gasteiger partial charge in [-0.1, -0.05) is 6.92 Å². The Morgan fingerprint density at radius 1 is 1.15 bits per heavy atom. The van der Waals surface area contributed by atoms with E-state index in [0.29, 0.717) is 41.5 Å². The van der Waals surface area contributed by atoms with E-state index in [2.05, 4.69) is 27.5 Å². The lowest BCUT2D eigenvalue weighted by molar-refractivity contribution is 0.255. The third-order valence-corrected chi connectivity index (χ3v) is 6.15. The van der Waals surface area contributed by atoms with Crippen molar-refractivity contribution in [1.29, 1.82) is 5.26 Å². The van der Waals surface area contributed by atoms with E-state index in [1.165, 1.54) is 12.1 Å². The summed E-state index contributed by atoms with van der Waals surface area (Å²) in [5, 5.41) is 9.31. The lowest BCUT2D eigenvalue weighted by Crippen LogP contribution is -2.22. The third-order valence-electron chi connectivity index (χ3n) is 6.15. The highest BCUT2D eigenvalue weighted by Gasteiger charge is 2.28. The zero-order chi connectivity index (χ0) is 23.2. The van der Waals surface area contributed by atoms with Gasteiger partial charge in [0.2, 0.25) is 5.95 Å². The molecule has 168 valence electrons. The van der Waals surface area contributed by atoms with Gasteiger partial charge in [-0.3, -0.25) is 4.57 Å². The Balaban J connectivity index is 1.56. The summed E-state index contributed by atoms with van der Waals surface area (Å²) in [6, 6.07) is 12.0. The normalized spacial score (nSPS) is 15.3. The molecule has 1 aliphatic heterocycles. The van der Waals surface area contributed by atoms with Crippen molar-refractivity contribution in [3.05, 3.63) is 71.7 Å². The van der Waals surface area contributed by atoms with E-state index in [4.69, 9.17) is 14.7 Å². The highest BCUT2D eigenvalue weighted by Crippen LogP contribution is 2.37. The average molecular weight is 453 g/mol. The Labute approximate surface area is 194 Å². The molecule has 1 aliphatic rings. The summed E-state index contributed by atoms with van der Waals surface area (Å²) in [5.41, 5.74) is 4.17. The second-order valence-corrected chi connectivity index (χ2v) is 8.29. The van der Waals surface area contributed by atoms with Crippen LogP contribution in [0, 0.1) is 17.1 Å². The molecule has 2 aromatic carbocycles. The molecule has 4 heterocycles. The first-order valence-corrected chi connectivity index (χ1v) is 11.2. The van der Waals surface area contributed by atoms with Crippen molar-refractivity contribution in [3.63, 3.8) is 0 Å². The summed E-state index contributed by atoms with van der Waals surface area (Å²) in [6.45, 7) is 2.62. The number of rotatable bonds is 4. The second kappa shape index (κ2) is 7.92. The molecule has 0 spiro atoms. The SMILES string of the molecule is CCCc1nc2cnc(-n3cnc4ccc(C#N)cc43)nc2n1[C@@H]1CCOc2ccc(F)cc21. The molecule has 0 fully saturated rings. The maximum Gasteiger partial charge on any atom is 0.237 e. The molecular formula is C25H20FN7O. The van der Waals surface area contributed by atoms with Crippen LogP contribution >= 0.6 is 0 Å². The smallest absolute Gasteiger partial charge is 0.237 e. The van der Waals surface area contributed by atoms with Gasteiger partial charge in [-0.25, -0.2) is 19.3 Å². The number of imidazole rings is 2. The second-order valence-electron chi connectivity index (χ2n) is 8.29. The molecule has 0 aliphatic carbocycles. The lowest BCUT2D eigenvalue weighted by Gasteiger charge is -2.28. The standard InChI is InChI=1S/C25H20FN7O/c1-2-3-23-30-19-13-28-25(32-14-29-18-6-4-15(12-27)10-21(18)32)31-24(19)33(23)20-8-9-34-22-7-5-16(26)11-17(20)22/h4-7,10-11,13-14,20H,2-3,8-9H2,1H3/t20-/m1/s1. The van der Waals surface area contributed by atoms with E-state index in [1.807, 2.05) is 0 Å². The number of fused-ring (bicyclic) bond motifs is 3. The van der Waals surface area contributed by atoms with Crippen LogP contribution in [-0.2, 0) is 6.42 Å². The van der Waals surface area contributed by atoms with E-state index in [1.54, 1.807) is 41.4 Å². The molecule has 6 rings (SSSR count). The first-order valence-electron chi connectivity index (χ1n) is 11.2. The molecule has 0 radical (unpaired) electrons. The predicted molar refractivity (Wildman–Crippen MR) is 123 cm³/mol. The van der Waals surface area contributed by atoms with Gasteiger partial charge in [0.1, 0.15) is 29.2 Å². The van der Waals surface area contributed by atoms with E-state index in [0.717, 1.165) is 35.3 Å². The molecule has 34 heavy (non-hydrogen) atoms. The molecular weight excluding hydrogens is 433 g/mol. The van der Waals surface area contributed by atoms with Crippen LogP contribution in [0.5, 0.6) is 5.75 Å². The minimum atomic E-state index is -0.302. The highest BCUT2D eigenvalue weighted by atomic mass is 19.1. The van der Waals surface area contributed by atoms with Gasteiger partial charge in [0, 0.05) is 18.4 Å². The zero-order valence-electron chi connectivity index (χ0n) is 18.4. The molecule has 5 aromatic rings. The molecule has 9 heteroatoms. The van der Waals surface area contributed by atoms with Crippen molar-refractivity contribution in [2.45, 2.75) is 32.2 Å². The van der Waals surface area contributed by atoms with Crippen molar-refractivity contribution < 1.29 is 9.13 Å². The summed E-state index contributed by atoms with van der Waals surface area (Å²) >= 11 is 0. The first kappa shape index (κ1) is 20.3. The van der Waals surface area contributed by atoms with Crippen LogP contribution in [0.2, 0.25) is 0 Å². The number of halogens is 1. The number of ether oxygens (including phenoxy) is 1. The summed E-state index contributed by atoms with van der Waals surface area (Å²) in [6.07, 6.45) is 5.70. The number of aryl methyl sites for hydroxylation is 1. The number of benzene rings is 2. The van der Waals surface area contributed by atoms with Crippen LogP contribution in [0.1, 0.15) is 42.8 Å². The monoisotopic (exact) mass is 453 g/mol. The molecule has 0 N–H and O–H groups in total. The number of hydrogen-bond acceptors (Lipinski definition) is 6. The lowest BCUT2D eigenvalue weighted by atomic mass is 9.99. The van der Waals surface area contributed by atoms with Crippen LogP contribution < -0.4 is 4.74 Å². The van der Waals surface area contributed by atoms with Crippen molar-refractivity contribution in [3.8, 4) is 17.8 Å². The molecule has 8 nitrogen and oxygen atoms in total. The molecule has 1 atom stereocenters. The maximum absolute atomic E-state index is 14.2. The fourth-order valence-electron chi connectivity index (χ4n) is 4.62. The Kier molecular flexibility index (Phi) is 4.73. The molecule has 0 amide bonds. The van der Waals surface area contributed by atoms with Crippen molar-refractivity contribution in [2.75, 3.05) is 6.61 Å². The minimum absolute atomic E-state index is 0.154. The number of nitriles is 1. The van der Waals surface area contributed by atoms with Gasteiger partial charge in [0.05, 0.1) is 41.5 Å². The van der Waals surface area contributed by atoms with Gasteiger partial charge in [0.15, 0.2) is 5.65 Å². The summed E-state index contributed by atoms with van der Waals surface area (Å²) in [5.74, 6) is 1.69. The van der Waals surface area contributed by atoms with Gasteiger partial charge >= 0.3 is 0 Å². The van der Waals surface area contributed by atoms with Gasteiger partial charge in [-0.05, 0) is 42.8 Å². The van der Waals surface area contributed by atoms with Gasteiger partial charge in [-0.15, -0.1) is 0 Å². The Hall–Kier alpha value is -4.32. The molecule has 0 saturated heterocycles. The molecule has 0 bridgehead atoms. The van der Waals surface area contributed by atoms with E-state index < -0.39 is 0 Å². The van der Waals surface area contributed by atoms with E-state index in [-0.39, 0.29) is 11.9 Å². The number of aromatic nitrogens is 6. The van der Waals surface area contributed by atoms with Crippen LogP contribution in [0.25, 0.3) is 28.1 Å². The van der Waals surface area contributed by atoms with Crippen molar-refractivity contribution in [1.82, 2.24) is 29.1 Å². The van der Waals surface area contributed by atoms with E-state index >= 15 is 0 Å². The molecule has 3 aromatic heterocycles. The van der Waals surface area contributed by atoms with Crippen molar-refractivity contribution >= 4 is 22.2 Å². The summed E-state index contributed by atoms with van der Waals surface area (Å²) in [4.78, 5) is 18.7. The Bertz CT molecular complexity index is 1600. The van der Waals surface area contributed by atoms with Crippen LogP contribution in [0.15, 0.2) is 48.9 Å². The quantitative estimate of drug-likeness (QED) is 0.398. The van der Waals surface area contributed by atoms with E-state index in [9.17, 15) is 9.65 Å². The fourth-order valence-corrected chi connectivity index (χ4v) is 4.62. The number of hydrogen-bond donors (Lipinski definition) is 0. The molecule has 0 unspecified atom stereocenters. The largest absolute Gasteiger partial charge is 0.493 e. The predicted octanol–water partition coefficient (Wildman–Crippen LogP) is 4.50. The van der Waals surface area contributed by atoms with Crippen LogP contribution in [0.4, 0.5) is 4.39 Å². The zero-order valence-corrected chi connectivity index (χ0v) is 18.4. The average Bonchev–Trinajstić information content (AvgIpc) is 3.44. The first-order chi connectivity index (χ1) is 16.7. The topological polar surface area (TPSA) is 94.4 Å². The Morgan fingerprint density at radius 2 is 2.06 bits per heavy atom. The summed E-state index contributed by atoms with van der Waals surface area (Å²) in [7, 11) is 0. The summed E-state index contributed by atoms with van der Waals surface area (Å²) < 4.78 is 23.9. The third kappa shape index (κ3) is 3.18. The van der Waals surface area contributed by atoms with Crippen LogP contribution in [-0.4, -0.2) is 35.7 Å². The number of nitrogens with zero attached hydrogens (tertiary/aromatic N) is 7. The Morgan fingerprint density at radius 3 is 2.91 bits per heavy atom. The fraction of sp³-hybridized carbons (Fsp3) is 0.240. The van der Waals surface area contributed by atoms with Gasteiger partial charge < -0.3 is 9.30 Å². The molecule has 0 saturated carbocycles. The van der Waals surface area contributed by atoms with Crippen LogP contribution in [0.3, 0.4) is 0 Å². The van der Waals surface area contributed by atoms with Gasteiger partial charge in [-0.2, -0.15) is 10.2 Å². The minimum Gasteiger partial charge on any atom is -0.493 e. The highest BCUT2D eigenvalue weighted by molar-refractivity contribution is 5.79. The van der Waals surface area contributed by atoms with Crippen molar-refractivity contribution in [2.24, 2.45) is 0 Å². The maximum atomic E-state index is 14.2.